The molecule has 0 bridgehead atoms. The van der Waals surface area contributed by atoms with Gasteiger partial charge in [0.05, 0.1) is 11.8 Å². The molecule has 0 atom stereocenters. The Morgan fingerprint density at radius 2 is 2.09 bits per heavy atom. The van der Waals surface area contributed by atoms with E-state index in [1.807, 2.05) is 13.3 Å². The third kappa shape index (κ3) is 4.21. The summed E-state index contributed by atoms with van der Waals surface area (Å²) >= 11 is 0. The van der Waals surface area contributed by atoms with Crippen molar-refractivity contribution >= 4 is 22.8 Å². The largest absolute Gasteiger partial charge is 0.382 e. The van der Waals surface area contributed by atoms with E-state index in [0.717, 1.165) is 61.1 Å². The number of aryl methyl sites for hydroxylation is 3. The van der Waals surface area contributed by atoms with Crippen LogP contribution in [0.15, 0.2) is 6.33 Å². The number of hydrogen-bond acceptors (Lipinski definition) is 4. The molecule has 0 aliphatic carbocycles. The number of anilines is 1. The normalized spacial score (nSPS) is 11.1. The molecule has 23 heavy (non-hydrogen) atoms. The number of nitrogens with one attached hydrogen (secondary N) is 1. The Morgan fingerprint density at radius 1 is 1.30 bits per heavy atom. The van der Waals surface area contributed by atoms with E-state index in [0.29, 0.717) is 12.2 Å². The summed E-state index contributed by atoms with van der Waals surface area (Å²) in [7, 11) is 0. The zero-order valence-electron chi connectivity index (χ0n) is 14.4. The van der Waals surface area contributed by atoms with Gasteiger partial charge >= 0.3 is 0 Å². The number of carbonyl (C=O) groups is 1. The third-order valence-electron chi connectivity index (χ3n) is 4.17. The number of rotatable bonds is 8. The van der Waals surface area contributed by atoms with Crippen LogP contribution in [0.2, 0.25) is 0 Å². The first kappa shape index (κ1) is 17.2. The van der Waals surface area contributed by atoms with Gasteiger partial charge in [-0.15, -0.1) is 0 Å². The Labute approximate surface area is 137 Å². The second-order valence-corrected chi connectivity index (χ2v) is 6.00. The molecule has 0 unspecified atom stereocenters. The van der Waals surface area contributed by atoms with Gasteiger partial charge in [0.2, 0.25) is 5.91 Å². The Morgan fingerprint density at radius 3 is 2.83 bits per heavy atom. The Bertz CT molecular complexity index is 677. The van der Waals surface area contributed by atoms with Crippen LogP contribution in [0.25, 0.3) is 11.0 Å². The van der Waals surface area contributed by atoms with Crippen molar-refractivity contribution in [1.82, 2.24) is 19.9 Å². The van der Waals surface area contributed by atoms with Gasteiger partial charge in [0.25, 0.3) is 0 Å². The lowest BCUT2D eigenvalue weighted by atomic mass is 10.2. The molecule has 0 saturated heterocycles. The lowest BCUT2D eigenvalue weighted by molar-refractivity contribution is -0.121. The van der Waals surface area contributed by atoms with Crippen LogP contribution in [0.1, 0.15) is 50.3 Å². The van der Waals surface area contributed by atoms with Gasteiger partial charge in [-0.1, -0.05) is 13.3 Å². The third-order valence-corrected chi connectivity index (χ3v) is 4.17. The lowest BCUT2D eigenvalue weighted by Crippen LogP contribution is -2.24. The predicted molar refractivity (Wildman–Crippen MR) is 93.2 cm³/mol. The van der Waals surface area contributed by atoms with Gasteiger partial charge in [-0.25, -0.2) is 9.97 Å². The van der Waals surface area contributed by atoms with Gasteiger partial charge in [-0.2, -0.15) is 0 Å². The van der Waals surface area contributed by atoms with E-state index >= 15 is 0 Å². The van der Waals surface area contributed by atoms with Gasteiger partial charge in [0.1, 0.15) is 5.52 Å². The fourth-order valence-electron chi connectivity index (χ4n) is 2.68. The minimum atomic E-state index is 0.158. The maximum absolute atomic E-state index is 11.5. The molecule has 2 rings (SSSR count). The minimum Gasteiger partial charge on any atom is -0.382 e. The minimum absolute atomic E-state index is 0.158. The van der Waals surface area contributed by atoms with E-state index < -0.39 is 0 Å². The van der Waals surface area contributed by atoms with Crippen molar-refractivity contribution < 1.29 is 4.79 Å². The summed E-state index contributed by atoms with van der Waals surface area (Å²) in [6, 6.07) is 0. The van der Waals surface area contributed by atoms with Crippen molar-refractivity contribution in [2.75, 3.05) is 12.3 Å². The van der Waals surface area contributed by atoms with E-state index in [-0.39, 0.29) is 5.91 Å². The summed E-state index contributed by atoms with van der Waals surface area (Å²) in [5.41, 5.74) is 9.87. The first-order valence-electron chi connectivity index (χ1n) is 8.38. The average molecular weight is 317 g/mol. The van der Waals surface area contributed by atoms with E-state index in [1.54, 1.807) is 0 Å². The van der Waals surface area contributed by atoms with Crippen molar-refractivity contribution in [2.45, 2.75) is 59.4 Å². The highest BCUT2D eigenvalue weighted by atomic mass is 16.1. The lowest BCUT2D eigenvalue weighted by Gasteiger charge is -2.09. The molecular weight excluding hydrogens is 290 g/mol. The smallest absolute Gasteiger partial charge is 0.219 e. The fraction of sp³-hybridized carbons (Fsp3) is 0.588. The van der Waals surface area contributed by atoms with Crippen LogP contribution in [0.3, 0.4) is 0 Å². The van der Waals surface area contributed by atoms with Gasteiger partial charge < -0.3 is 15.6 Å². The maximum Gasteiger partial charge on any atom is 0.219 e. The molecule has 6 nitrogen and oxygen atoms in total. The van der Waals surface area contributed by atoms with E-state index in [2.05, 4.69) is 33.7 Å². The van der Waals surface area contributed by atoms with Crippen LogP contribution in [0.4, 0.5) is 5.82 Å². The van der Waals surface area contributed by atoms with Crippen molar-refractivity contribution in [1.29, 1.82) is 0 Å². The quantitative estimate of drug-likeness (QED) is 0.733. The molecule has 3 N–H and O–H groups in total. The summed E-state index contributed by atoms with van der Waals surface area (Å²) in [6.45, 7) is 7.71. The molecule has 0 spiro atoms. The summed E-state index contributed by atoms with van der Waals surface area (Å²) in [4.78, 5) is 20.3. The van der Waals surface area contributed by atoms with Crippen LogP contribution in [-0.4, -0.2) is 27.0 Å². The van der Waals surface area contributed by atoms with Crippen LogP contribution in [-0.2, 0) is 11.3 Å². The number of fused-ring (bicyclic) bond motifs is 1. The molecule has 2 heterocycles. The molecule has 2 aromatic heterocycles. The standard InChI is InChI=1S/C17H27N5O/c1-4-5-8-14(23)19-9-6-7-10-22-11-20-15-16(22)12(2)13(3)21-17(15)18/h11H,4-10H2,1-3H3,(H2,18,21)(H,19,23). The van der Waals surface area contributed by atoms with Crippen molar-refractivity contribution in [3.05, 3.63) is 17.6 Å². The molecule has 1 amide bonds. The van der Waals surface area contributed by atoms with Gasteiger partial charge in [-0.3, -0.25) is 4.79 Å². The number of pyridine rings is 1. The topological polar surface area (TPSA) is 85.8 Å². The Kier molecular flexibility index (Phi) is 5.96. The molecule has 126 valence electrons. The highest BCUT2D eigenvalue weighted by Gasteiger charge is 2.12. The Balaban J connectivity index is 1.87. The molecule has 0 fully saturated rings. The van der Waals surface area contributed by atoms with Crippen LogP contribution >= 0.6 is 0 Å². The number of hydrogen-bond donors (Lipinski definition) is 2. The van der Waals surface area contributed by atoms with Crippen molar-refractivity contribution in [2.24, 2.45) is 0 Å². The first-order chi connectivity index (χ1) is 11.0. The number of nitrogens with zero attached hydrogens (tertiary/aromatic N) is 3. The molecule has 2 aromatic rings. The molecule has 6 heteroatoms. The van der Waals surface area contributed by atoms with Crippen LogP contribution in [0, 0.1) is 13.8 Å². The van der Waals surface area contributed by atoms with Gasteiger partial charge in [-0.05, 0) is 38.7 Å². The number of imidazole rings is 1. The monoisotopic (exact) mass is 317 g/mol. The molecular formula is C17H27N5O. The number of amides is 1. The Hall–Kier alpha value is -2.11. The number of carbonyl (C=O) groups excluding carboxylic acids is 1. The molecule has 0 saturated carbocycles. The summed E-state index contributed by atoms with van der Waals surface area (Å²) in [5, 5.41) is 2.97. The van der Waals surface area contributed by atoms with E-state index in [4.69, 9.17) is 5.73 Å². The van der Waals surface area contributed by atoms with Crippen LogP contribution < -0.4 is 11.1 Å². The predicted octanol–water partition coefficient (Wildman–Crippen LogP) is 2.72. The van der Waals surface area contributed by atoms with Gasteiger partial charge in [0, 0.05) is 25.2 Å². The highest BCUT2D eigenvalue weighted by Crippen LogP contribution is 2.23. The van der Waals surface area contributed by atoms with Crippen molar-refractivity contribution in [3.63, 3.8) is 0 Å². The first-order valence-corrected chi connectivity index (χ1v) is 8.38. The second kappa shape index (κ2) is 7.94. The van der Waals surface area contributed by atoms with E-state index in [1.165, 1.54) is 0 Å². The van der Waals surface area contributed by atoms with Crippen molar-refractivity contribution in [3.8, 4) is 0 Å². The summed E-state index contributed by atoms with van der Waals surface area (Å²) in [5.74, 6) is 0.648. The number of nitrogen functional groups attached to an aromatic ring is 1. The highest BCUT2D eigenvalue weighted by molar-refractivity contribution is 5.88. The molecule has 0 aliphatic rings. The summed E-state index contributed by atoms with van der Waals surface area (Å²) in [6.07, 6.45) is 6.41. The maximum atomic E-state index is 11.5. The zero-order valence-corrected chi connectivity index (χ0v) is 14.4. The number of aromatic nitrogens is 3. The molecule has 0 aromatic carbocycles. The van der Waals surface area contributed by atoms with Crippen LogP contribution in [0.5, 0.6) is 0 Å². The molecule has 0 radical (unpaired) electrons. The SMILES string of the molecule is CCCCC(=O)NCCCCn1cnc2c(N)nc(C)c(C)c21. The molecule has 0 aliphatic heterocycles. The second-order valence-electron chi connectivity index (χ2n) is 6.00. The number of nitrogens with two attached hydrogens (primary N) is 1. The number of unbranched alkanes of at least 4 members (excludes halogenated alkanes) is 2. The zero-order chi connectivity index (χ0) is 16.8. The summed E-state index contributed by atoms with van der Waals surface area (Å²) < 4.78 is 2.13. The average Bonchev–Trinajstić information content (AvgIpc) is 2.95. The fourth-order valence-corrected chi connectivity index (χ4v) is 2.68. The van der Waals surface area contributed by atoms with Gasteiger partial charge in [0.15, 0.2) is 5.82 Å². The van der Waals surface area contributed by atoms with E-state index in [9.17, 15) is 4.79 Å².